The van der Waals surface area contributed by atoms with E-state index in [1.54, 1.807) is 18.5 Å². The molecule has 0 radical (unpaired) electrons. The maximum atomic E-state index is 13.0. The van der Waals surface area contributed by atoms with Crippen LogP contribution in [-0.4, -0.2) is 55.4 Å². The van der Waals surface area contributed by atoms with E-state index in [1.807, 2.05) is 90.8 Å². The van der Waals surface area contributed by atoms with Gasteiger partial charge in [-0.05, 0) is 62.2 Å². The SMILES string of the molecule is CC(C)(C)OC(=O)NC1(c2ccc(-n3nc(-c4ncccn4)[n+]4ccc5ncc(-c6ccccc6)cc5c34)cc2)CC2(C1)OCCO2. The summed E-state index contributed by atoms with van der Waals surface area (Å²) in [4.78, 5) is 26.8. The minimum Gasteiger partial charge on any atom is -0.444 e. The Morgan fingerprint density at radius 3 is 2.34 bits per heavy atom. The molecule has 5 heterocycles. The molecule has 1 saturated heterocycles. The molecule has 236 valence electrons. The third kappa shape index (κ3) is 5.27. The number of hydrogen-bond donors (Lipinski definition) is 1. The highest BCUT2D eigenvalue weighted by molar-refractivity contribution is 5.93. The summed E-state index contributed by atoms with van der Waals surface area (Å²) < 4.78 is 21.4. The van der Waals surface area contributed by atoms with Crippen molar-refractivity contribution in [1.82, 2.24) is 30.0 Å². The zero-order chi connectivity index (χ0) is 32.2. The number of alkyl carbamates (subject to hydrolysis) is 1. The molecule has 2 aromatic carbocycles. The number of benzene rings is 2. The van der Waals surface area contributed by atoms with Crippen LogP contribution in [0, 0.1) is 0 Å². The number of rotatable bonds is 5. The van der Waals surface area contributed by atoms with Crippen molar-refractivity contribution in [3.63, 3.8) is 0 Å². The van der Waals surface area contributed by atoms with E-state index in [4.69, 9.17) is 24.3 Å². The number of amides is 1. The van der Waals surface area contributed by atoms with Gasteiger partial charge in [0.1, 0.15) is 11.3 Å². The second-order valence-electron chi connectivity index (χ2n) is 13.1. The fourth-order valence-electron chi connectivity index (χ4n) is 6.60. The van der Waals surface area contributed by atoms with Gasteiger partial charge in [0.05, 0.1) is 41.0 Å². The first-order valence-electron chi connectivity index (χ1n) is 15.7. The highest BCUT2D eigenvalue weighted by atomic mass is 16.7. The lowest BCUT2D eigenvalue weighted by Crippen LogP contribution is -2.64. The molecule has 0 bridgehead atoms. The highest BCUT2D eigenvalue weighted by Crippen LogP contribution is 2.53. The molecule has 1 N–H and O–H groups in total. The van der Waals surface area contributed by atoms with E-state index in [2.05, 4.69) is 33.5 Å². The minimum atomic E-state index is -0.712. The van der Waals surface area contributed by atoms with Gasteiger partial charge in [0.15, 0.2) is 5.79 Å². The predicted molar refractivity (Wildman–Crippen MR) is 173 cm³/mol. The second-order valence-corrected chi connectivity index (χ2v) is 13.1. The Kier molecular flexibility index (Phi) is 6.78. The van der Waals surface area contributed by atoms with Gasteiger partial charge in [0.2, 0.25) is 5.82 Å². The van der Waals surface area contributed by atoms with Gasteiger partial charge in [0.25, 0.3) is 5.65 Å². The van der Waals surface area contributed by atoms with E-state index in [-0.39, 0.29) is 0 Å². The van der Waals surface area contributed by atoms with E-state index in [9.17, 15) is 4.79 Å². The molecule has 0 atom stereocenters. The van der Waals surface area contributed by atoms with Crippen LogP contribution in [0.15, 0.2) is 97.6 Å². The van der Waals surface area contributed by atoms with Gasteiger partial charge in [-0.15, -0.1) is 0 Å². The highest BCUT2D eigenvalue weighted by Gasteiger charge is 2.60. The molecule has 1 aliphatic carbocycles. The number of hydrogen-bond acceptors (Lipinski definition) is 8. The first-order valence-corrected chi connectivity index (χ1v) is 15.7. The lowest BCUT2D eigenvalue weighted by molar-refractivity contribution is -0.499. The standard InChI is InChI=1S/C36H33N7O4/c1-34(2,3)47-33(44)40-35(22-36(23-35)45-18-19-46-36)26-10-12-27(13-11-26)43-32-28-20-25(24-8-5-4-6-9-24)21-39-29(28)14-17-42(32)31(41-43)30-37-15-7-16-38-30/h4-17,20-21H,18-19,22-23H2,1-3H3/p+1. The predicted octanol–water partition coefficient (Wildman–Crippen LogP) is 5.54. The Morgan fingerprint density at radius 1 is 0.915 bits per heavy atom. The second kappa shape index (κ2) is 10.9. The summed E-state index contributed by atoms with van der Waals surface area (Å²) in [6, 6.07) is 24.1. The Hall–Kier alpha value is -5.26. The molecule has 1 spiro atoms. The van der Waals surface area contributed by atoms with Crippen molar-refractivity contribution in [2.45, 2.75) is 50.5 Å². The van der Waals surface area contributed by atoms with Crippen LogP contribution < -0.4 is 9.72 Å². The molecule has 2 fully saturated rings. The summed E-state index contributed by atoms with van der Waals surface area (Å²) >= 11 is 0. The number of nitrogens with zero attached hydrogens (tertiary/aromatic N) is 6. The van der Waals surface area contributed by atoms with Gasteiger partial charge >= 0.3 is 11.9 Å². The Bertz CT molecular complexity index is 2100. The molecule has 4 aromatic heterocycles. The summed E-state index contributed by atoms with van der Waals surface area (Å²) in [5.74, 6) is 0.396. The van der Waals surface area contributed by atoms with E-state index in [0.717, 1.165) is 38.9 Å². The average Bonchev–Trinajstić information content (AvgIpc) is 3.70. The largest absolute Gasteiger partial charge is 0.444 e. The van der Waals surface area contributed by atoms with Gasteiger partial charge in [-0.25, -0.2) is 14.8 Å². The van der Waals surface area contributed by atoms with E-state index in [0.29, 0.717) is 37.7 Å². The van der Waals surface area contributed by atoms with E-state index < -0.39 is 23.0 Å². The number of carbonyl (C=O) groups is 1. The summed E-state index contributed by atoms with van der Waals surface area (Å²) in [6.45, 7) is 6.62. The van der Waals surface area contributed by atoms with Crippen LogP contribution in [0.3, 0.4) is 0 Å². The quantitative estimate of drug-likeness (QED) is 0.248. The molecule has 2 aliphatic rings. The van der Waals surface area contributed by atoms with Crippen molar-refractivity contribution in [3.05, 3.63) is 103 Å². The average molecular weight is 629 g/mol. The zero-order valence-corrected chi connectivity index (χ0v) is 26.4. The summed E-state index contributed by atoms with van der Waals surface area (Å²) in [6.07, 6.45) is 7.74. The van der Waals surface area contributed by atoms with Crippen LogP contribution in [0.25, 0.3) is 45.0 Å². The fraction of sp³-hybridized carbons (Fsp3) is 0.278. The molecule has 1 aliphatic heterocycles. The van der Waals surface area contributed by atoms with Crippen LogP contribution in [-0.2, 0) is 19.7 Å². The van der Waals surface area contributed by atoms with Gasteiger partial charge in [0, 0.05) is 37.0 Å². The fourth-order valence-corrected chi connectivity index (χ4v) is 6.60. The van der Waals surface area contributed by atoms with Crippen molar-refractivity contribution in [2.75, 3.05) is 13.2 Å². The van der Waals surface area contributed by atoms with Crippen molar-refractivity contribution < 1.29 is 23.4 Å². The molecule has 8 rings (SSSR count). The molecule has 11 nitrogen and oxygen atoms in total. The molecular weight excluding hydrogens is 594 g/mol. The summed E-state index contributed by atoms with van der Waals surface area (Å²) in [5, 5.41) is 9.12. The topological polar surface area (TPSA) is 117 Å². The third-order valence-corrected chi connectivity index (χ3v) is 8.63. The van der Waals surface area contributed by atoms with Crippen molar-refractivity contribution in [3.8, 4) is 28.5 Å². The third-order valence-electron chi connectivity index (χ3n) is 8.63. The Balaban J connectivity index is 1.24. The maximum Gasteiger partial charge on any atom is 0.408 e. The molecule has 47 heavy (non-hydrogen) atoms. The molecule has 1 amide bonds. The van der Waals surface area contributed by atoms with Gasteiger partial charge in [-0.2, -0.15) is 4.40 Å². The van der Waals surface area contributed by atoms with Crippen LogP contribution in [0.2, 0.25) is 0 Å². The molecule has 11 heteroatoms. The Morgan fingerprint density at radius 2 is 1.64 bits per heavy atom. The van der Waals surface area contributed by atoms with Crippen molar-refractivity contribution >= 4 is 22.6 Å². The molecule has 0 unspecified atom stereocenters. The number of nitrogens with one attached hydrogen (secondary N) is 1. The Labute approximate surface area is 271 Å². The van der Waals surface area contributed by atoms with Crippen LogP contribution >= 0.6 is 0 Å². The number of ether oxygens (including phenoxy) is 3. The number of carbonyl (C=O) groups excluding carboxylic acids is 1. The maximum absolute atomic E-state index is 13.0. The molecule has 6 aromatic rings. The molecule has 1 saturated carbocycles. The molecular formula is C36H34N7O4+. The number of aromatic nitrogens is 6. The monoisotopic (exact) mass is 628 g/mol. The normalized spacial score (nSPS) is 16.7. The first-order chi connectivity index (χ1) is 22.7. The summed E-state index contributed by atoms with van der Waals surface area (Å²) in [5.41, 5.74) is 4.12. The van der Waals surface area contributed by atoms with Gasteiger partial charge < -0.3 is 19.5 Å². The zero-order valence-electron chi connectivity index (χ0n) is 26.4. The van der Waals surface area contributed by atoms with Gasteiger partial charge in [-0.3, -0.25) is 4.98 Å². The lowest BCUT2D eigenvalue weighted by atomic mass is 9.67. The van der Waals surface area contributed by atoms with Gasteiger partial charge in [-0.1, -0.05) is 47.1 Å². The van der Waals surface area contributed by atoms with E-state index >= 15 is 0 Å². The lowest BCUT2D eigenvalue weighted by Gasteiger charge is -2.53. The number of fused-ring (bicyclic) bond motifs is 3. The summed E-state index contributed by atoms with van der Waals surface area (Å²) in [7, 11) is 0. The smallest absolute Gasteiger partial charge is 0.408 e. The van der Waals surface area contributed by atoms with Crippen molar-refractivity contribution in [2.24, 2.45) is 0 Å². The van der Waals surface area contributed by atoms with E-state index in [1.165, 1.54) is 0 Å². The van der Waals surface area contributed by atoms with Crippen LogP contribution in [0.1, 0.15) is 39.2 Å². The first kappa shape index (κ1) is 29.2. The van der Waals surface area contributed by atoms with Crippen molar-refractivity contribution in [1.29, 1.82) is 0 Å². The van der Waals surface area contributed by atoms with Crippen LogP contribution in [0.5, 0.6) is 0 Å². The number of pyridine rings is 2. The minimum absolute atomic E-state index is 0.479. The van der Waals surface area contributed by atoms with Crippen LogP contribution in [0.4, 0.5) is 4.79 Å².